The van der Waals surface area contributed by atoms with E-state index < -0.39 is 5.97 Å². The van der Waals surface area contributed by atoms with Crippen molar-refractivity contribution in [3.63, 3.8) is 0 Å². The quantitative estimate of drug-likeness (QED) is 0.153. The van der Waals surface area contributed by atoms with E-state index in [4.69, 9.17) is 15.7 Å². The van der Waals surface area contributed by atoms with Crippen LogP contribution in [0.5, 0.6) is 0 Å². The third-order valence-corrected chi connectivity index (χ3v) is 12.9. The minimum atomic E-state index is -0.975. The molecular formula is C50H56N10O3. The highest BCUT2D eigenvalue weighted by Gasteiger charge is 2.29. The highest BCUT2D eigenvalue weighted by atomic mass is 16.4. The molecular weight excluding hydrogens is 789 g/mol. The fraction of sp³-hybridized carbons (Fsp3) is 0.400. The Bertz CT molecular complexity index is 3020. The molecule has 6 aromatic heterocycles. The number of anilines is 2. The Hall–Kier alpha value is -6.34. The van der Waals surface area contributed by atoms with E-state index in [0.717, 1.165) is 94.5 Å². The molecule has 4 fully saturated rings. The Labute approximate surface area is 366 Å². The van der Waals surface area contributed by atoms with Gasteiger partial charge in [-0.15, -0.1) is 0 Å². The number of carboxylic acids is 1. The molecule has 2 aliphatic carbocycles. The number of nitrogens with two attached hydrogens (primary N) is 1. The number of imidazole rings is 2. The van der Waals surface area contributed by atoms with Gasteiger partial charge < -0.3 is 26.0 Å². The smallest absolute Gasteiger partial charge is 0.339 e. The number of hydrogen-bond acceptors (Lipinski definition) is 9. The first-order valence-corrected chi connectivity index (χ1v) is 22.7. The van der Waals surface area contributed by atoms with Crippen LogP contribution in [0.15, 0.2) is 85.2 Å². The molecule has 4 aliphatic rings. The predicted molar refractivity (Wildman–Crippen MR) is 251 cm³/mol. The summed E-state index contributed by atoms with van der Waals surface area (Å²) in [6, 6.07) is 24.5. The van der Waals surface area contributed by atoms with Gasteiger partial charge in [0.25, 0.3) is 5.91 Å². The van der Waals surface area contributed by atoms with Crippen molar-refractivity contribution in [2.75, 3.05) is 36.0 Å². The summed E-state index contributed by atoms with van der Waals surface area (Å²) < 4.78 is 3.95. The molecule has 324 valence electrons. The molecule has 0 bridgehead atoms. The van der Waals surface area contributed by atoms with E-state index in [2.05, 4.69) is 69.3 Å². The molecule has 2 aliphatic heterocycles. The van der Waals surface area contributed by atoms with Crippen LogP contribution in [0.2, 0.25) is 0 Å². The second-order valence-corrected chi connectivity index (χ2v) is 18.9. The molecule has 2 saturated heterocycles. The maximum Gasteiger partial charge on any atom is 0.339 e. The van der Waals surface area contributed by atoms with Crippen LogP contribution in [-0.2, 0) is 0 Å². The topological polar surface area (TPSA) is 159 Å². The first kappa shape index (κ1) is 40.7. The number of pyridine rings is 4. The fourth-order valence-corrected chi connectivity index (χ4v) is 9.98. The van der Waals surface area contributed by atoms with Gasteiger partial charge in [0.05, 0.1) is 27.6 Å². The molecule has 13 nitrogen and oxygen atoms in total. The van der Waals surface area contributed by atoms with Gasteiger partial charge in [-0.3, -0.25) is 13.6 Å². The number of piperidine rings is 2. The van der Waals surface area contributed by atoms with Crippen molar-refractivity contribution in [2.45, 2.75) is 78.3 Å². The number of amides is 1. The van der Waals surface area contributed by atoms with Gasteiger partial charge in [0, 0.05) is 72.8 Å². The number of nitrogens with zero attached hydrogens (tertiary/aromatic N) is 8. The molecule has 8 heterocycles. The number of nitrogens with one attached hydrogen (secondary N) is 1. The zero-order valence-electron chi connectivity index (χ0n) is 36.5. The number of rotatable bonds is 5. The number of hydrogen-bond donors (Lipinski definition) is 3. The Balaban J connectivity index is 0.000000138. The Kier molecular flexibility index (Phi) is 10.6. The average Bonchev–Trinajstić information content (AvgIpc) is 4.18. The third-order valence-electron chi connectivity index (χ3n) is 12.9. The van der Waals surface area contributed by atoms with Gasteiger partial charge >= 0.3 is 5.97 Å². The van der Waals surface area contributed by atoms with Crippen molar-refractivity contribution >= 4 is 78.7 Å². The molecule has 0 unspecified atom stereocenters. The SMILES string of the molecule is C[C@@H]1C[C@H](C)CN(c2ccnc3c2cc(C(=O)NC2CC2)c2nc4ccccc4n23)C1.C[C@@H]1C[C@H](C)CN(c2ccnc3c2cc(C(=O)O)c2nc4ccccc4n23)C1.NC1CC1. The summed E-state index contributed by atoms with van der Waals surface area (Å²) in [4.78, 5) is 48.9. The lowest BCUT2D eigenvalue weighted by Crippen LogP contribution is -2.38. The minimum Gasteiger partial charge on any atom is -0.478 e. The van der Waals surface area contributed by atoms with Crippen molar-refractivity contribution < 1.29 is 14.7 Å². The van der Waals surface area contributed by atoms with E-state index in [-0.39, 0.29) is 11.5 Å². The number of para-hydroxylation sites is 4. The highest BCUT2D eigenvalue weighted by molar-refractivity contribution is 6.08. The molecule has 2 saturated carbocycles. The standard InChI is InChI=1S/C25H27N5O.C22H22N4O2.C3H7N/c1-15-11-16(2)14-29(13-15)21-9-10-26-23-18(21)12-19(25(31)27-17-7-8-17)24-28-20-5-3-4-6-22(20)30(23)24;1-13-9-14(2)12-25(11-13)18-7-8-23-20-15(18)10-16(22(27)28)21-24-17-5-3-4-6-19(17)26(20)21;4-3-1-2-3/h3-6,9-10,12,15-17H,7-8,11,13-14H2,1-2H3,(H,27,31);3-8,10,13-14H,9,11-12H2,1-2H3,(H,27,28);3H,1-2,4H2/t15-,16+;13-,14+;. The molecule has 4 N–H and O–H groups in total. The van der Waals surface area contributed by atoms with E-state index in [1.165, 1.54) is 25.7 Å². The molecule has 1 amide bonds. The molecule has 63 heavy (non-hydrogen) atoms. The second-order valence-electron chi connectivity index (χ2n) is 18.9. The number of carbonyl (C=O) groups is 2. The highest BCUT2D eigenvalue weighted by Crippen LogP contribution is 2.36. The summed E-state index contributed by atoms with van der Waals surface area (Å²) in [7, 11) is 0. The van der Waals surface area contributed by atoms with Crippen LogP contribution in [0.25, 0.3) is 55.4 Å². The molecule has 8 aromatic rings. The number of aromatic nitrogens is 6. The van der Waals surface area contributed by atoms with Crippen LogP contribution in [-0.4, -0.2) is 84.0 Å². The molecule has 13 heteroatoms. The van der Waals surface area contributed by atoms with Gasteiger partial charge in [-0.1, -0.05) is 52.0 Å². The lowest BCUT2D eigenvalue weighted by Gasteiger charge is -2.37. The lowest BCUT2D eigenvalue weighted by atomic mass is 9.91. The van der Waals surface area contributed by atoms with Crippen molar-refractivity contribution in [1.82, 2.24) is 34.1 Å². The third kappa shape index (κ3) is 7.99. The number of carbonyl (C=O) groups excluding carboxylic acids is 1. The molecule has 12 rings (SSSR count). The zero-order chi connectivity index (χ0) is 43.5. The minimum absolute atomic E-state index is 0.0418. The van der Waals surface area contributed by atoms with Gasteiger partial charge in [0.1, 0.15) is 16.9 Å². The van der Waals surface area contributed by atoms with Gasteiger partial charge in [-0.2, -0.15) is 0 Å². The number of benzene rings is 2. The number of carboxylic acid groups (broad SMARTS) is 1. The van der Waals surface area contributed by atoms with E-state index in [9.17, 15) is 14.7 Å². The van der Waals surface area contributed by atoms with E-state index in [1.807, 2.05) is 71.4 Å². The Morgan fingerprint density at radius 3 is 1.48 bits per heavy atom. The van der Waals surface area contributed by atoms with E-state index in [1.54, 1.807) is 6.07 Å². The van der Waals surface area contributed by atoms with Crippen molar-refractivity contribution in [1.29, 1.82) is 0 Å². The van der Waals surface area contributed by atoms with Crippen LogP contribution < -0.4 is 20.9 Å². The first-order valence-electron chi connectivity index (χ1n) is 22.7. The van der Waals surface area contributed by atoms with Crippen LogP contribution in [0.4, 0.5) is 11.4 Å². The summed E-state index contributed by atoms with van der Waals surface area (Å²) >= 11 is 0. The molecule has 0 radical (unpaired) electrons. The Morgan fingerprint density at radius 1 is 0.619 bits per heavy atom. The van der Waals surface area contributed by atoms with Crippen LogP contribution in [0.1, 0.15) is 86.9 Å². The van der Waals surface area contributed by atoms with Crippen molar-refractivity contribution in [3.8, 4) is 0 Å². The maximum atomic E-state index is 13.2. The normalized spacial score (nSPS) is 21.4. The average molecular weight is 845 g/mol. The number of fused-ring (bicyclic) bond motifs is 10. The summed E-state index contributed by atoms with van der Waals surface area (Å²) in [5.41, 5.74) is 14.5. The summed E-state index contributed by atoms with van der Waals surface area (Å²) in [6.45, 7) is 13.2. The van der Waals surface area contributed by atoms with Crippen LogP contribution >= 0.6 is 0 Å². The predicted octanol–water partition coefficient (Wildman–Crippen LogP) is 8.73. The van der Waals surface area contributed by atoms with Crippen LogP contribution in [0.3, 0.4) is 0 Å². The number of aromatic carboxylic acids is 1. The molecule has 4 atom stereocenters. The summed E-state index contributed by atoms with van der Waals surface area (Å²) in [5.74, 6) is 1.47. The van der Waals surface area contributed by atoms with Crippen molar-refractivity contribution in [3.05, 3.63) is 96.3 Å². The van der Waals surface area contributed by atoms with Crippen molar-refractivity contribution in [2.24, 2.45) is 29.4 Å². The van der Waals surface area contributed by atoms with E-state index >= 15 is 0 Å². The zero-order valence-corrected chi connectivity index (χ0v) is 36.5. The second kappa shape index (κ2) is 16.4. The largest absolute Gasteiger partial charge is 0.478 e. The Morgan fingerprint density at radius 2 is 1.05 bits per heavy atom. The maximum absolute atomic E-state index is 13.2. The lowest BCUT2D eigenvalue weighted by molar-refractivity contribution is 0.0698. The van der Waals surface area contributed by atoms with E-state index in [0.29, 0.717) is 52.6 Å². The molecule has 0 spiro atoms. The van der Waals surface area contributed by atoms with Gasteiger partial charge in [-0.05, 0) is 111 Å². The van der Waals surface area contributed by atoms with Crippen LogP contribution in [0, 0.1) is 23.7 Å². The van der Waals surface area contributed by atoms with Gasteiger partial charge in [0.15, 0.2) is 11.3 Å². The van der Waals surface area contributed by atoms with Gasteiger partial charge in [0.2, 0.25) is 0 Å². The fourth-order valence-electron chi connectivity index (χ4n) is 9.98. The summed E-state index contributed by atoms with van der Waals surface area (Å²) in [6.07, 6.45) is 10.8. The molecule has 2 aromatic carbocycles. The first-order chi connectivity index (χ1) is 30.5. The monoisotopic (exact) mass is 844 g/mol. The van der Waals surface area contributed by atoms with Gasteiger partial charge in [-0.25, -0.2) is 24.7 Å². The summed E-state index contributed by atoms with van der Waals surface area (Å²) in [5, 5.41) is 14.9.